The fraction of sp³-hybridized carbons (Fsp3) is 1.00. The van der Waals surface area contributed by atoms with Crippen LogP contribution in [0.4, 0.5) is 0 Å². The van der Waals surface area contributed by atoms with E-state index in [0.29, 0.717) is 0 Å². The molecule has 0 unspecified atom stereocenters. The molecule has 0 aromatic heterocycles. The Kier molecular flexibility index (Phi) is 7.43. The number of azide groups is 2. The van der Waals surface area contributed by atoms with E-state index < -0.39 is 38.9 Å². The zero-order valence-electron chi connectivity index (χ0n) is 11.3. The lowest BCUT2D eigenvalue weighted by atomic mass is 9.90. The molecule has 0 heterocycles. The van der Waals surface area contributed by atoms with Crippen LogP contribution in [0.2, 0.25) is 0 Å². The molecule has 0 N–H and O–H groups in total. The monoisotopic (exact) mass is 342 g/mol. The van der Waals surface area contributed by atoms with Gasteiger partial charge in [0, 0.05) is 28.3 Å². The van der Waals surface area contributed by atoms with Gasteiger partial charge in [-0.15, -0.1) is 0 Å². The van der Waals surface area contributed by atoms with Crippen LogP contribution in [-0.4, -0.2) is 55.7 Å². The molecule has 0 amide bonds. The lowest BCUT2D eigenvalue weighted by molar-refractivity contribution is 0.100. The molecule has 0 fully saturated rings. The van der Waals surface area contributed by atoms with Crippen LogP contribution >= 0.6 is 0 Å². The highest BCUT2D eigenvalue weighted by Crippen LogP contribution is 2.22. The number of hydrogen-bond donors (Lipinski definition) is 0. The summed E-state index contributed by atoms with van der Waals surface area (Å²) in [6.45, 7) is -1.90. The number of rotatable bonds is 10. The number of hydrogen-bond acceptors (Lipinski definition) is 8. The third kappa shape index (κ3) is 9.90. The molecular weight excluding hydrogens is 328 g/mol. The van der Waals surface area contributed by atoms with Crippen molar-refractivity contribution >= 4 is 20.2 Å². The molecule has 0 aliphatic carbocycles. The van der Waals surface area contributed by atoms with Crippen LogP contribution in [0.5, 0.6) is 0 Å². The maximum Gasteiger partial charge on any atom is 0.264 e. The molecule has 0 saturated heterocycles. The lowest BCUT2D eigenvalue weighted by Crippen LogP contribution is -2.39. The van der Waals surface area contributed by atoms with Gasteiger partial charge in [-0.1, -0.05) is 10.2 Å². The molecular formula is C7H14N6O6S2. The highest BCUT2D eigenvalue weighted by atomic mass is 32.2. The van der Waals surface area contributed by atoms with Gasteiger partial charge in [-0.3, -0.25) is 8.37 Å². The molecule has 0 saturated carbocycles. The van der Waals surface area contributed by atoms with Crippen molar-refractivity contribution in [1.29, 1.82) is 0 Å². The molecule has 0 atom stereocenters. The summed E-state index contributed by atoms with van der Waals surface area (Å²) in [6.07, 6.45) is 1.58. The molecule has 0 aromatic rings. The largest absolute Gasteiger partial charge is 0.270 e. The SMILES string of the molecule is CS(=O)(=O)OCC(CN=[N+]=[N-])(CN=[N+]=[N-])COS(C)(=O)=O. The van der Waals surface area contributed by atoms with Gasteiger partial charge in [0.05, 0.1) is 25.7 Å². The van der Waals surface area contributed by atoms with E-state index in [-0.39, 0.29) is 13.1 Å². The standard InChI is InChI=1S/C7H14N6O6S2/c1-20(14,15)18-5-7(3-10-12-8,4-11-13-9)6-19-21(2,16)17/h3-6H2,1-2H3. The summed E-state index contributed by atoms with van der Waals surface area (Å²) in [5.41, 5.74) is 15.3. The molecule has 21 heavy (non-hydrogen) atoms. The van der Waals surface area contributed by atoms with Gasteiger partial charge < -0.3 is 0 Å². The minimum absolute atomic E-state index is 0.381. The third-order valence-corrected chi connectivity index (χ3v) is 3.19. The van der Waals surface area contributed by atoms with Crippen molar-refractivity contribution in [3.8, 4) is 0 Å². The smallest absolute Gasteiger partial charge is 0.264 e. The van der Waals surface area contributed by atoms with Gasteiger partial charge in [0.25, 0.3) is 20.2 Å². The second kappa shape index (κ2) is 8.02. The van der Waals surface area contributed by atoms with Gasteiger partial charge in [-0.25, -0.2) is 0 Å². The van der Waals surface area contributed by atoms with Gasteiger partial charge >= 0.3 is 0 Å². The maximum absolute atomic E-state index is 11.0. The normalized spacial score (nSPS) is 12.3. The van der Waals surface area contributed by atoms with Crippen LogP contribution in [0.25, 0.3) is 20.9 Å². The van der Waals surface area contributed by atoms with E-state index in [2.05, 4.69) is 28.4 Å². The third-order valence-electron chi connectivity index (χ3n) is 2.10. The first-order valence-electron chi connectivity index (χ1n) is 5.24. The average Bonchev–Trinajstić information content (AvgIpc) is 2.35. The molecule has 0 bridgehead atoms. The van der Waals surface area contributed by atoms with Gasteiger partial charge in [0.1, 0.15) is 0 Å². The van der Waals surface area contributed by atoms with Gasteiger partial charge in [0.15, 0.2) is 0 Å². The highest BCUT2D eigenvalue weighted by Gasteiger charge is 2.33. The van der Waals surface area contributed by atoms with E-state index >= 15 is 0 Å². The van der Waals surface area contributed by atoms with E-state index in [9.17, 15) is 16.8 Å². The van der Waals surface area contributed by atoms with E-state index in [1.165, 1.54) is 0 Å². The Morgan fingerprint density at radius 1 is 0.905 bits per heavy atom. The Bertz CT molecular complexity index is 587. The Morgan fingerprint density at radius 3 is 1.48 bits per heavy atom. The van der Waals surface area contributed by atoms with Crippen molar-refractivity contribution in [2.75, 3.05) is 38.8 Å². The van der Waals surface area contributed by atoms with Gasteiger partial charge in [-0.2, -0.15) is 16.8 Å². The predicted molar refractivity (Wildman–Crippen MR) is 72.1 cm³/mol. The van der Waals surface area contributed by atoms with Crippen LogP contribution in [0.3, 0.4) is 0 Å². The molecule has 0 aliphatic heterocycles. The van der Waals surface area contributed by atoms with Crippen molar-refractivity contribution in [2.24, 2.45) is 15.6 Å². The van der Waals surface area contributed by atoms with E-state index in [1.54, 1.807) is 0 Å². The summed E-state index contributed by atoms with van der Waals surface area (Å²) in [5, 5.41) is 6.49. The molecule has 12 nitrogen and oxygen atoms in total. The average molecular weight is 342 g/mol. The van der Waals surface area contributed by atoms with Crippen LogP contribution < -0.4 is 0 Å². The quantitative estimate of drug-likeness (QED) is 0.241. The Labute approximate surface area is 121 Å². The first-order chi connectivity index (χ1) is 9.54. The minimum atomic E-state index is -3.84. The molecule has 0 spiro atoms. The molecule has 0 rings (SSSR count). The van der Waals surface area contributed by atoms with E-state index in [1.807, 2.05) is 0 Å². The summed E-state index contributed by atoms with van der Waals surface area (Å²) < 4.78 is 53.3. The van der Waals surface area contributed by atoms with Crippen molar-refractivity contribution in [3.63, 3.8) is 0 Å². The Morgan fingerprint density at radius 2 is 1.24 bits per heavy atom. The second-order valence-electron chi connectivity index (χ2n) is 4.21. The number of nitrogens with zero attached hydrogens (tertiary/aromatic N) is 6. The van der Waals surface area contributed by atoms with Crippen molar-refractivity contribution < 1.29 is 25.2 Å². The van der Waals surface area contributed by atoms with Gasteiger partial charge in [-0.05, 0) is 11.1 Å². The zero-order valence-corrected chi connectivity index (χ0v) is 12.9. The second-order valence-corrected chi connectivity index (χ2v) is 7.50. The fourth-order valence-corrected chi connectivity index (χ4v) is 2.03. The zero-order chi connectivity index (χ0) is 16.6. The maximum atomic E-state index is 11.0. The lowest BCUT2D eigenvalue weighted by Gasteiger charge is -2.28. The summed E-state index contributed by atoms with van der Waals surface area (Å²) in [4.78, 5) is 5.00. The van der Waals surface area contributed by atoms with Gasteiger partial charge in [0.2, 0.25) is 0 Å². The van der Waals surface area contributed by atoms with E-state index in [0.717, 1.165) is 12.5 Å². The first-order valence-corrected chi connectivity index (χ1v) is 8.87. The van der Waals surface area contributed by atoms with Crippen LogP contribution in [0.15, 0.2) is 10.2 Å². The molecule has 0 aromatic carbocycles. The Balaban J connectivity index is 5.36. The van der Waals surface area contributed by atoms with Crippen molar-refractivity contribution in [1.82, 2.24) is 0 Å². The molecule has 0 radical (unpaired) electrons. The predicted octanol–water partition coefficient (Wildman–Crippen LogP) is 0.546. The fourth-order valence-electron chi connectivity index (χ4n) is 1.10. The summed E-state index contributed by atoms with van der Waals surface area (Å²) >= 11 is 0. The molecule has 0 aliphatic rings. The molecule has 14 heteroatoms. The van der Waals surface area contributed by atoms with Crippen molar-refractivity contribution in [3.05, 3.63) is 20.9 Å². The topological polar surface area (TPSA) is 184 Å². The van der Waals surface area contributed by atoms with E-state index in [4.69, 9.17) is 11.1 Å². The summed E-state index contributed by atoms with van der Waals surface area (Å²) in [7, 11) is -7.67. The highest BCUT2D eigenvalue weighted by molar-refractivity contribution is 7.86. The van der Waals surface area contributed by atoms with Crippen LogP contribution in [0, 0.1) is 5.41 Å². The summed E-state index contributed by atoms with van der Waals surface area (Å²) in [5.74, 6) is 0. The summed E-state index contributed by atoms with van der Waals surface area (Å²) in [6, 6.07) is 0. The molecule has 120 valence electrons. The minimum Gasteiger partial charge on any atom is -0.270 e. The van der Waals surface area contributed by atoms with Crippen LogP contribution in [0.1, 0.15) is 0 Å². The van der Waals surface area contributed by atoms with Crippen LogP contribution in [-0.2, 0) is 28.6 Å². The van der Waals surface area contributed by atoms with Crippen molar-refractivity contribution in [2.45, 2.75) is 0 Å². The Hall–Kier alpha value is -1.56. The first kappa shape index (κ1) is 19.4.